The molecule has 1 aliphatic carbocycles. The molecule has 0 amide bonds. The molecule has 82 valence electrons. The lowest BCUT2D eigenvalue weighted by Gasteiger charge is -1.99. The summed E-state index contributed by atoms with van der Waals surface area (Å²) >= 11 is 1.75. The highest BCUT2D eigenvalue weighted by Crippen LogP contribution is 2.30. The Morgan fingerprint density at radius 3 is 2.87 bits per heavy atom. The highest BCUT2D eigenvalue weighted by atomic mass is 32.1. The van der Waals surface area contributed by atoms with E-state index in [1.807, 2.05) is 25.3 Å². The van der Waals surface area contributed by atoms with Gasteiger partial charge in [0.05, 0.1) is 12.0 Å². The lowest BCUT2D eigenvalue weighted by atomic mass is 10.2. The summed E-state index contributed by atoms with van der Waals surface area (Å²) in [5, 5.41) is 0.913. The molecule has 1 aliphatic rings. The Labute approximate surface area is 94.9 Å². The number of aromatic nitrogens is 1. The Morgan fingerprint density at radius 2 is 2.07 bits per heavy atom. The maximum atomic E-state index is 4.58. The van der Waals surface area contributed by atoms with Gasteiger partial charge < -0.3 is 4.90 Å². The Bertz CT molecular complexity index is 331. The van der Waals surface area contributed by atoms with E-state index in [0.29, 0.717) is 0 Å². The molecule has 0 spiro atoms. The Hall–Kier alpha value is -0.900. The van der Waals surface area contributed by atoms with Gasteiger partial charge in [0.25, 0.3) is 0 Å². The van der Waals surface area contributed by atoms with Crippen molar-refractivity contribution in [3.05, 3.63) is 10.6 Å². The van der Waals surface area contributed by atoms with Gasteiger partial charge in [0.15, 0.2) is 0 Å². The number of thiazole rings is 1. The maximum Gasteiger partial charge on any atom is 0.210 e. The fourth-order valence-corrected chi connectivity index (χ4v) is 2.72. The summed E-state index contributed by atoms with van der Waals surface area (Å²) in [6.07, 6.45) is 8.10. The molecule has 0 saturated heterocycles. The predicted molar refractivity (Wildman–Crippen MR) is 65.2 cm³/mol. The summed E-state index contributed by atoms with van der Waals surface area (Å²) in [7, 11) is 3.95. The monoisotopic (exact) mass is 223 g/mol. The quantitative estimate of drug-likeness (QED) is 0.438. The molecule has 0 radical (unpaired) electrons. The zero-order valence-corrected chi connectivity index (χ0v) is 10.2. The lowest BCUT2D eigenvalue weighted by molar-refractivity contribution is 0.643. The van der Waals surface area contributed by atoms with Crippen molar-refractivity contribution >= 4 is 22.8 Å². The van der Waals surface area contributed by atoms with Gasteiger partial charge in [-0.1, -0.05) is 17.8 Å². The summed E-state index contributed by atoms with van der Waals surface area (Å²) in [6, 6.07) is 0. The zero-order chi connectivity index (χ0) is 10.7. The second-order valence-corrected chi connectivity index (χ2v) is 5.20. The van der Waals surface area contributed by atoms with Crippen molar-refractivity contribution in [3.63, 3.8) is 0 Å². The van der Waals surface area contributed by atoms with Crippen LogP contribution in [0.5, 0.6) is 0 Å². The average Bonchev–Trinajstić information content (AvgIpc) is 2.46. The minimum absolute atomic E-state index is 0.913. The van der Waals surface area contributed by atoms with Gasteiger partial charge >= 0.3 is 0 Å². The minimum Gasteiger partial charge on any atom is -0.369 e. The second kappa shape index (κ2) is 4.75. The molecule has 0 bridgehead atoms. The van der Waals surface area contributed by atoms with Gasteiger partial charge in [-0.25, -0.2) is 9.98 Å². The van der Waals surface area contributed by atoms with E-state index in [4.69, 9.17) is 0 Å². The summed E-state index contributed by atoms with van der Waals surface area (Å²) in [5.74, 6) is 0. The van der Waals surface area contributed by atoms with Crippen LogP contribution in [0.15, 0.2) is 4.99 Å². The van der Waals surface area contributed by atoms with Crippen LogP contribution < -0.4 is 0 Å². The molecule has 1 heterocycles. The molecule has 0 unspecified atom stereocenters. The fraction of sp³-hybridized carbons (Fsp3) is 0.636. The number of hydrogen-bond donors (Lipinski definition) is 0. The number of aliphatic imine (C=N–C) groups is 1. The molecular weight excluding hydrogens is 206 g/mol. The molecule has 1 aromatic heterocycles. The number of rotatable bonds is 2. The summed E-state index contributed by atoms with van der Waals surface area (Å²) < 4.78 is 0. The molecule has 2 rings (SSSR count). The van der Waals surface area contributed by atoms with Crippen LogP contribution in [0.25, 0.3) is 0 Å². The smallest absolute Gasteiger partial charge is 0.210 e. The topological polar surface area (TPSA) is 28.5 Å². The van der Waals surface area contributed by atoms with Gasteiger partial charge in [-0.2, -0.15) is 0 Å². The number of hydrogen-bond acceptors (Lipinski definition) is 3. The maximum absolute atomic E-state index is 4.58. The third-order valence-corrected chi connectivity index (χ3v) is 3.55. The second-order valence-electron chi connectivity index (χ2n) is 4.14. The van der Waals surface area contributed by atoms with Crippen molar-refractivity contribution in [2.45, 2.75) is 32.1 Å². The number of aryl methyl sites for hydroxylation is 2. The van der Waals surface area contributed by atoms with Gasteiger partial charge in [0.2, 0.25) is 5.13 Å². The van der Waals surface area contributed by atoms with Crippen LogP contribution in [-0.4, -0.2) is 30.3 Å². The Kier molecular flexibility index (Phi) is 3.36. The third-order valence-electron chi connectivity index (χ3n) is 2.48. The van der Waals surface area contributed by atoms with E-state index in [1.165, 1.54) is 36.3 Å². The van der Waals surface area contributed by atoms with Gasteiger partial charge in [-0.05, 0) is 25.7 Å². The number of nitrogens with zero attached hydrogens (tertiary/aromatic N) is 3. The molecule has 15 heavy (non-hydrogen) atoms. The largest absolute Gasteiger partial charge is 0.369 e. The summed E-state index contributed by atoms with van der Waals surface area (Å²) in [5.41, 5.74) is 1.29. The predicted octanol–water partition coefficient (Wildman–Crippen LogP) is 2.63. The molecule has 0 aromatic carbocycles. The first-order valence-corrected chi connectivity index (χ1v) is 6.26. The van der Waals surface area contributed by atoms with Gasteiger partial charge in [0.1, 0.15) is 0 Å². The first kappa shape index (κ1) is 10.6. The molecule has 1 aromatic rings. The van der Waals surface area contributed by atoms with E-state index in [0.717, 1.165) is 11.6 Å². The lowest BCUT2D eigenvalue weighted by Crippen LogP contribution is -2.06. The fourth-order valence-electron chi connectivity index (χ4n) is 1.74. The first-order valence-electron chi connectivity index (χ1n) is 5.45. The normalized spacial score (nSPS) is 16.4. The molecule has 0 aliphatic heterocycles. The van der Waals surface area contributed by atoms with E-state index >= 15 is 0 Å². The van der Waals surface area contributed by atoms with Gasteiger partial charge in [0, 0.05) is 19.0 Å². The van der Waals surface area contributed by atoms with E-state index in [2.05, 4.69) is 9.98 Å². The van der Waals surface area contributed by atoms with Gasteiger partial charge in [-0.3, -0.25) is 0 Å². The van der Waals surface area contributed by atoms with Crippen LogP contribution in [0.2, 0.25) is 0 Å². The first-order chi connectivity index (χ1) is 7.25. The van der Waals surface area contributed by atoms with Crippen molar-refractivity contribution < 1.29 is 0 Å². The third kappa shape index (κ3) is 2.78. The van der Waals surface area contributed by atoms with Crippen molar-refractivity contribution in [1.29, 1.82) is 0 Å². The Morgan fingerprint density at radius 1 is 1.27 bits per heavy atom. The van der Waals surface area contributed by atoms with Crippen molar-refractivity contribution in [1.82, 2.24) is 9.88 Å². The van der Waals surface area contributed by atoms with E-state index in [-0.39, 0.29) is 0 Å². The molecular formula is C11H17N3S. The molecule has 3 nitrogen and oxygen atoms in total. The SMILES string of the molecule is CN(C)/C=N/c1nc2c(s1)CCCCC2. The summed E-state index contributed by atoms with van der Waals surface area (Å²) in [6.45, 7) is 0. The van der Waals surface area contributed by atoms with Crippen LogP contribution in [-0.2, 0) is 12.8 Å². The van der Waals surface area contributed by atoms with Crippen LogP contribution >= 0.6 is 11.3 Å². The van der Waals surface area contributed by atoms with Crippen LogP contribution in [0.3, 0.4) is 0 Å². The van der Waals surface area contributed by atoms with Crippen molar-refractivity contribution in [3.8, 4) is 0 Å². The Balaban J connectivity index is 2.15. The van der Waals surface area contributed by atoms with E-state index < -0.39 is 0 Å². The highest BCUT2D eigenvalue weighted by Gasteiger charge is 2.13. The van der Waals surface area contributed by atoms with Crippen molar-refractivity contribution in [2.75, 3.05) is 14.1 Å². The van der Waals surface area contributed by atoms with Crippen LogP contribution in [0.1, 0.15) is 29.8 Å². The molecule has 0 atom stereocenters. The van der Waals surface area contributed by atoms with Crippen LogP contribution in [0, 0.1) is 0 Å². The standard InChI is InChI=1S/C11H17N3S/c1-14(2)8-12-11-13-9-6-4-3-5-7-10(9)15-11/h8H,3-7H2,1-2H3/b12-8+. The average molecular weight is 223 g/mol. The van der Waals surface area contributed by atoms with Crippen LogP contribution in [0.4, 0.5) is 5.13 Å². The minimum atomic E-state index is 0.913. The molecule has 4 heteroatoms. The summed E-state index contributed by atoms with van der Waals surface area (Å²) in [4.78, 5) is 12.3. The van der Waals surface area contributed by atoms with E-state index in [9.17, 15) is 0 Å². The molecule has 0 fully saturated rings. The highest BCUT2D eigenvalue weighted by molar-refractivity contribution is 7.15. The van der Waals surface area contributed by atoms with Gasteiger partial charge in [-0.15, -0.1) is 0 Å². The molecule has 0 N–H and O–H groups in total. The van der Waals surface area contributed by atoms with E-state index in [1.54, 1.807) is 11.3 Å². The van der Waals surface area contributed by atoms with Crippen molar-refractivity contribution in [2.24, 2.45) is 4.99 Å². The number of fused-ring (bicyclic) bond motifs is 1. The zero-order valence-electron chi connectivity index (χ0n) is 9.36. The molecule has 0 saturated carbocycles.